The van der Waals surface area contributed by atoms with Gasteiger partial charge in [-0.3, -0.25) is 4.79 Å². The van der Waals surface area contributed by atoms with Crippen molar-refractivity contribution in [1.29, 1.82) is 0 Å². The molecule has 0 saturated heterocycles. The summed E-state index contributed by atoms with van der Waals surface area (Å²) in [5.41, 5.74) is 6.21. The molecule has 0 fully saturated rings. The van der Waals surface area contributed by atoms with Gasteiger partial charge in [0.1, 0.15) is 5.76 Å². The molecule has 0 bridgehead atoms. The number of nitrogens with one attached hydrogen (secondary N) is 2. The van der Waals surface area contributed by atoms with Gasteiger partial charge < -0.3 is 21.5 Å². The second-order valence-corrected chi connectivity index (χ2v) is 3.57. The number of carbonyl (C=O) groups excluding carboxylic acids is 2. The zero-order valence-electron chi connectivity index (χ0n) is 8.86. The Labute approximate surface area is 97.1 Å². The topological polar surface area (TPSA) is 104 Å². The SMILES string of the molecule is NC(=O)Nc1cccc(C2=C(O)CNC2=O)c1. The maximum absolute atomic E-state index is 11.5. The van der Waals surface area contributed by atoms with Crippen LogP contribution < -0.4 is 16.4 Å². The first kappa shape index (κ1) is 11.0. The third-order valence-corrected chi connectivity index (χ3v) is 2.35. The van der Waals surface area contributed by atoms with E-state index in [9.17, 15) is 14.7 Å². The van der Waals surface area contributed by atoms with E-state index in [1.54, 1.807) is 24.3 Å². The molecule has 5 N–H and O–H groups in total. The van der Waals surface area contributed by atoms with Crippen LogP contribution in [-0.2, 0) is 4.79 Å². The number of primary amides is 1. The predicted octanol–water partition coefficient (Wildman–Crippen LogP) is 0.576. The van der Waals surface area contributed by atoms with Gasteiger partial charge in [-0.05, 0) is 17.7 Å². The molecule has 88 valence electrons. The fourth-order valence-corrected chi connectivity index (χ4v) is 1.66. The number of aliphatic hydroxyl groups excluding tert-OH is 1. The molecule has 0 radical (unpaired) electrons. The highest BCUT2D eigenvalue weighted by molar-refractivity contribution is 6.22. The molecule has 0 atom stereocenters. The normalized spacial score (nSPS) is 14.7. The number of amides is 3. The maximum Gasteiger partial charge on any atom is 0.316 e. The first-order valence-corrected chi connectivity index (χ1v) is 4.95. The molecular formula is C11H11N3O3. The number of nitrogens with two attached hydrogens (primary N) is 1. The molecular weight excluding hydrogens is 222 g/mol. The molecule has 17 heavy (non-hydrogen) atoms. The zero-order chi connectivity index (χ0) is 12.4. The Hall–Kier alpha value is -2.50. The molecule has 0 aliphatic carbocycles. The Morgan fingerprint density at radius 3 is 2.82 bits per heavy atom. The molecule has 6 nitrogen and oxygen atoms in total. The molecule has 0 spiro atoms. The van der Waals surface area contributed by atoms with Crippen LogP contribution in [0.15, 0.2) is 30.0 Å². The van der Waals surface area contributed by atoms with Crippen molar-refractivity contribution in [2.24, 2.45) is 5.73 Å². The minimum absolute atomic E-state index is 0.00812. The number of hydrogen-bond donors (Lipinski definition) is 4. The second-order valence-electron chi connectivity index (χ2n) is 3.57. The molecule has 1 aromatic rings. The van der Waals surface area contributed by atoms with Crippen LogP contribution in [0.1, 0.15) is 5.56 Å². The number of hydrogen-bond acceptors (Lipinski definition) is 3. The van der Waals surface area contributed by atoms with Crippen LogP contribution in [0.4, 0.5) is 10.5 Å². The average Bonchev–Trinajstić information content (AvgIpc) is 2.58. The number of benzene rings is 1. The highest BCUT2D eigenvalue weighted by Gasteiger charge is 2.23. The summed E-state index contributed by atoms with van der Waals surface area (Å²) < 4.78 is 0. The van der Waals surface area contributed by atoms with Crippen molar-refractivity contribution >= 4 is 23.2 Å². The Morgan fingerprint density at radius 2 is 2.24 bits per heavy atom. The van der Waals surface area contributed by atoms with E-state index in [2.05, 4.69) is 10.6 Å². The van der Waals surface area contributed by atoms with Crippen molar-refractivity contribution in [1.82, 2.24) is 5.32 Å². The van der Waals surface area contributed by atoms with Crippen molar-refractivity contribution in [2.75, 3.05) is 11.9 Å². The fraction of sp³-hybridized carbons (Fsp3) is 0.0909. The summed E-state index contributed by atoms with van der Waals surface area (Å²) >= 11 is 0. The van der Waals surface area contributed by atoms with E-state index in [0.29, 0.717) is 11.3 Å². The van der Waals surface area contributed by atoms with Gasteiger partial charge in [0.15, 0.2) is 0 Å². The molecule has 0 saturated carbocycles. The summed E-state index contributed by atoms with van der Waals surface area (Å²) in [6, 6.07) is 5.85. The molecule has 3 amide bonds. The Balaban J connectivity index is 2.37. The summed E-state index contributed by atoms with van der Waals surface area (Å²) in [5, 5.41) is 14.5. The summed E-state index contributed by atoms with van der Waals surface area (Å²) in [5.74, 6) is -0.343. The Kier molecular flexibility index (Phi) is 2.70. The van der Waals surface area contributed by atoms with Gasteiger partial charge in [0.05, 0.1) is 12.1 Å². The highest BCUT2D eigenvalue weighted by atomic mass is 16.3. The first-order chi connectivity index (χ1) is 8.08. The van der Waals surface area contributed by atoms with Gasteiger partial charge in [-0.2, -0.15) is 0 Å². The van der Waals surface area contributed by atoms with E-state index >= 15 is 0 Å². The van der Waals surface area contributed by atoms with Crippen molar-refractivity contribution in [3.8, 4) is 0 Å². The Bertz CT molecular complexity index is 522. The van der Waals surface area contributed by atoms with E-state index in [-0.39, 0.29) is 23.8 Å². The van der Waals surface area contributed by atoms with Crippen LogP contribution in [0, 0.1) is 0 Å². The van der Waals surface area contributed by atoms with Gasteiger partial charge in [0.25, 0.3) is 5.91 Å². The van der Waals surface area contributed by atoms with Gasteiger partial charge >= 0.3 is 6.03 Å². The predicted molar refractivity (Wildman–Crippen MR) is 62.2 cm³/mol. The largest absolute Gasteiger partial charge is 0.510 e. The second kappa shape index (κ2) is 4.17. The number of anilines is 1. The first-order valence-electron chi connectivity index (χ1n) is 4.95. The molecule has 2 rings (SSSR count). The quantitative estimate of drug-likeness (QED) is 0.600. The molecule has 1 heterocycles. The van der Waals surface area contributed by atoms with Crippen molar-refractivity contribution in [3.63, 3.8) is 0 Å². The summed E-state index contributed by atoms with van der Waals surface area (Å²) in [4.78, 5) is 22.2. The highest BCUT2D eigenvalue weighted by Crippen LogP contribution is 2.23. The molecule has 1 aromatic carbocycles. The molecule has 1 aliphatic rings. The standard InChI is InChI=1S/C11H11N3O3/c12-11(17)14-7-3-1-2-6(4-7)9-8(15)5-13-10(9)16/h1-4,15H,5H2,(H,13,16)(H3,12,14,17). The third kappa shape index (κ3) is 2.20. The summed E-state index contributed by atoms with van der Waals surface area (Å²) in [6.45, 7) is 0.127. The van der Waals surface area contributed by atoms with E-state index < -0.39 is 6.03 Å². The number of rotatable bonds is 2. The smallest absolute Gasteiger partial charge is 0.316 e. The third-order valence-electron chi connectivity index (χ3n) is 2.35. The monoisotopic (exact) mass is 233 g/mol. The van der Waals surface area contributed by atoms with E-state index in [1.807, 2.05) is 0 Å². The van der Waals surface area contributed by atoms with Crippen molar-refractivity contribution in [2.45, 2.75) is 0 Å². The van der Waals surface area contributed by atoms with Gasteiger partial charge in [-0.25, -0.2) is 4.79 Å². The van der Waals surface area contributed by atoms with E-state index in [4.69, 9.17) is 5.73 Å². The van der Waals surface area contributed by atoms with Gasteiger partial charge in [0, 0.05) is 5.69 Å². The van der Waals surface area contributed by atoms with Crippen LogP contribution in [0.3, 0.4) is 0 Å². The zero-order valence-corrected chi connectivity index (χ0v) is 8.86. The molecule has 6 heteroatoms. The van der Waals surface area contributed by atoms with Crippen LogP contribution in [-0.4, -0.2) is 23.6 Å². The van der Waals surface area contributed by atoms with Crippen molar-refractivity contribution in [3.05, 3.63) is 35.6 Å². The minimum Gasteiger partial charge on any atom is -0.510 e. The van der Waals surface area contributed by atoms with Crippen LogP contribution in [0.2, 0.25) is 0 Å². The van der Waals surface area contributed by atoms with Crippen LogP contribution in [0.5, 0.6) is 0 Å². The number of urea groups is 1. The van der Waals surface area contributed by atoms with Crippen LogP contribution >= 0.6 is 0 Å². The van der Waals surface area contributed by atoms with Gasteiger partial charge in [-0.1, -0.05) is 12.1 Å². The molecule has 0 aromatic heterocycles. The lowest BCUT2D eigenvalue weighted by Gasteiger charge is -2.05. The van der Waals surface area contributed by atoms with Gasteiger partial charge in [0.2, 0.25) is 0 Å². The molecule has 0 unspecified atom stereocenters. The molecule has 1 aliphatic heterocycles. The van der Waals surface area contributed by atoms with E-state index in [1.165, 1.54) is 0 Å². The average molecular weight is 233 g/mol. The lowest BCUT2D eigenvalue weighted by molar-refractivity contribution is -0.114. The summed E-state index contributed by atoms with van der Waals surface area (Å²) in [7, 11) is 0. The summed E-state index contributed by atoms with van der Waals surface area (Å²) in [6.07, 6.45) is 0. The number of aliphatic hydroxyl groups is 1. The number of carbonyl (C=O) groups is 2. The maximum atomic E-state index is 11.5. The lowest BCUT2D eigenvalue weighted by Crippen LogP contribution is -2.19. The van der Waals surface area contributed by atoms with Crippen LogP contribution in [0.25, 0.3) is 5.57 Å². The lowest BCUT2D eigenvalue weighted by atomic mass is 10.1. The van der Waals surface area contributed by atoms with Gasteiger partial charge in [-0.15, -0.1) is 0 Å². The van der Waals surface area contributed by atoms with Crippen molar-refractivity contribution < 1.29 is 14.7 Å². The van der Waals surface area contributed by atoms with E-state index in [0.717, 1.165) is 0 Å². The Morgan fingerprint density at radius 1 is 1.47 bits per heavy atom. The minimum atomic E-state index is -0.684. The fourth-order valence-electron chi connectivity index (χ4n) is 1.66.